The van der Waals surface area contributed by atoms with Crippen molar-refractivity contribution >= 4 is 75.6 Å². The van der Waals surface area contributed by atoms with E-state index in [2.05, 4.69) is 0 Å². The molecule has 11 heteroatoms. The number of hydrogen-bond donors (Lipinski definition) is 3. The van der Waals surface area contributed by atoms with Crippen LogP contribution >= 0.6 is 69.6 Å². The molecule has 5 nitrogen and oxygen atoms in total. The van der Waals surface area contributed by atoms with Gasteiger partial charge < -0.3 is 20.1 Å². The topological polar surface area (TPSA) is 87.0 Å². The van der Waals surface area contributed by atoms with Crippen LogP contribution in [0.15, 0.2) is 46.5 Å². The Labute approximate surface area is 212 Å². The van der Waals surface area contributed by atoms with Crippen molar-refractivity contribution in [1.29, 1.82) is 0 Å². The number of ether oxygens (including phenoxy) is 1. The predicted molar refractivity (Wildman–Crippen MR) is 123 cm³/mol. The Morgan fingerprint density at radius 1 is 0.844 bits per heavy atom. The van der Waals surface area contributed by atoms with Gasteiger partial charge in [0.05, 0.1) is 16.0 Å². The maximum atomic E-state index is 12.6. The van der Waals surface area contributed by atoms with E-state index < -0.39 is 37.8 Å². The smallest absolute Gasteiger partial charge is 0.309 e. The molecule has 1 aliphatic heterocycles. The first-order chi connectivity index (χ1) is 14.9. The van der Waals surface area contributed by atoms with Crippen molar-refractivity contribution in [2.24, 2.45) is 11.8 Å². The molecular weight excluding hydrogens is 545 g/mol. The van der Waals surface area contributed by atoms with E-state index in [1.807, 2.05) is 0 Å². The van der Waals surface area contributed by atoms with Crippen LogP contribution in [0.3, 0.4) is 0 Å². The highest BCUT2D eigenvalue weighted by molar-refractivity contribution is 6.66. The summed E-state index contributed by atoms with van der Waals surface area (Å²) in [4.78, 5) is 8.70. The number of rotatable bonds is 2. The molecule has 4 atom stereocenters. The lowest BCUT2D eigenvalue weighted by atomic mass is 9.68. The second-order valence-electron chi connectivity index (χ2n) is 7.99. The molecule has 0 aromatic heterocycles. The molecule has 0 unspecified atom stereocenters. The minimum absolute atomic E-state index is 0.0757. The van der Waals surface area contributed by atoms with Crippen LogP contribution in [0.1, 0.15) is 17.0 Å². The minimum atomic E-state index is -2.07. The Hall–Kier alpha value is -1.21. The van der Waals surface area contributed by atoms with E-state index in [9.17, 15) is 20.1 Å². The number of phenolic OH excluding ortho intramolecular Hbond substituents is 2. The Balaban J connectivity index is 1.85. The fraction of sp³-hybridized carbons (Fsp3) is 0.286. The molecule has 1 fully saturated rings. The number of carboxylic acid groups (broad SMARTS) is 1. The molecule has 3 N–H and O–H groups in total. The lowest BCUT2D eigenvalue weighted by Gasteiger charge is -2.42. The van der Waals surface area contributed by atoms with Crippen LogP contribution in [0.2, 0.25) is 0 Å². The Bertz CT molecular complexity index is 1180. The number of hydrogen-bond acceptors (Lipinski definition) is 4. The van der Waals surface area contributed by atoms with Crippen molar-refractivity contribution in [3.8, 4) is 23.0 Å². The number of phenols is 2. The Morgan fingerprint density at radius 2 is 1.31 bits per heavy atom. The van der Waals surface area contributed by atoms with Gasteiger partial charge in [-0.1, -0.05) is 58.5 Å². The fourth-order valence-corrected chi connectivity index (χ4v) is 8.18. The van der Waals surface area contributed by atoms with Gasteiger partial charge >= 0.3 is 5.97 Å². The average molecular weight is 557 g/mol. The molecule has 32 heavy (non-hydrogen) atoms. The Morgan fingerprint density at radius 3 is 1.78 bits per heavy atom. The van der Waals surface area contributed by atoms with E-state index in [4.69, 9.17) is 74.3 Å². The molecule has 0 spiro atoms. The number of aromatic hydroxyl groups is 2. The van der Waals surface area contributed by atoms with Crippen LogP contribution in [0, 0.1) is 11.8 Å². The number of carboxylic acids is 1. The quantitative estimate of drug-likeness (QED) is 0.368. The largest absolute Gasteiger partial charge is 0.508 e. The summed E-state index contributed by atoms with van der Waals surface area (Å²) in [5.74, 6) is -4.30. The van der Waals surface area contributed by atoms with Crippen molar-refractivity contribution in [2.75, 3.05) is 0 Å². The third-order valence-corrected chi connectivity index (χ3v) is 10.8. The zero-order valence-corrected chi connectivity index (χ0v) is 20.2. The SMILES string of the molecule is O=C(O)[C@H]1[C@@H](C2c3ccc(O)cc3Oc3cc(O)ccc32)[C@]2(Cl)C(Cl)=C(Cl)[C@]1(Cl)C2(Cl)Cl. The van der Waals surface area contributed by atoms with E-state index in [1.54, 1.807) is 12.1 Å². The van der Waals surface area contributed by atoms with Gasteiger partial charge in [0, 0.05) is 35.1 Å². The van der Waals surface area contributed by atoms with Gasteiger partial charge in [0.15, 0.2) is 4.33 Å². The summed E-state index contributed by atoms with van der Waals surface area (Å²) in [5.41, 5.74) is 1.02. The number of aliphatic carboxylic acids is 1. The molecule has 1 saturated carbocycles. The number of allylic oxidation sites excluding steroid dienone is 2. The van der Waals surface area contributed by atoms with E-state index in [0.29, 0.717) is 11.1 Å². The van der Waals surface area contributed by atoms with Crippen LogP contribution in [0.4, 0.5) is 0 Å². The molecular formula is C21H12Cl6O5. The van der Waals surface area contributed by atoms with Crippen molar-refractivity contribution in [3.63, 3.8) is 0 Å². The number of halogens is 6. The van der Waals surface area contributed by atoms with Crippen molar-refractivity contribution in [1.82, 2.24) is 0 Å². The average Bonchev–Trinajstić information content (AvgIpc) is 2.92. The summed E-state index contributed by atoms with van der Waals surface area (Å²) < 4.78 is 3.81. The molecule has 3 aliphatic rings. The summed E-state index contributed by atoms with van der Waals surface area (Å²) in [6.45, 7) is 0. The van der Waals surface area contributed by atoms with Crippen LogP contribution in [-0.4, -0.2) is 35.4 Å². The van der Waals surface area contributed by atoms with Crippen molar-refractivity contribution in [2.45, 2.75) is 20.0 Å². The molecule has 2 aromatic rings. The first-order valence-corrected chi connectivity index (χ1v) is 11.5. The van der Waals surface area contributed by atoms with Crippen LogP contribution in [0.25, 0.3) is 0 Å². The Kier molecular flexibility index (Phi) is 4.87. The molecule has 1 heterocycles. The monoisotopic (exact) mass is 554 g/mol. The van der Waals surface area contributed by atoms with E-state index >= 15 is 0 Å². The number of benzene rings is 2. The minimum Gasteiger partial charge on any atom is -0.508 e. The summed E-state index contributed by atoms with van der Waals surface area (Å²) in [6.07, 6.45) is 0. The van der Waals surface area contributed by atoms with Gasteiger partial charge in [0.2, 0.25) is 0 Å². The molecule has 5 rings (SSSR count). The van der Waals surface area contributed by atoms with Gasteiger partial charge in [0.1, 0.15) is 32.7 Å². The molecule has 2 bridgehead atoms. The van der Waals surface area contributed by atoms with Crippen LogP contribution in [-0.2, 0) is 4.79 Å². The summed E-state index contributed by atoms with van der Waals surface area (Å²) >= 11 is 40.1. The molecule has 0 amide bonds. The third kappa shape index (κ3) is 2.47. The number of fused-ring (bicyclic) bond motifs is 4. The molecule has 2 aliphatic carbocycles. The summed E-state index contributed by atoms with van der Waals surface area (Å²) in [7, 11) is 0. The first-order valence-electron chi connectivity index (χ1n) is 9.25. The summed E-state index contributed by atoms with van der Waals surface area (Å²) in [5, 5.41) is 29.9. The van der Waals surface area contributed by atoms with Gasteiger partial charge in [-0.15, -0.1) is 23.2 Å². The maximum absolute atomic E-state index is 12.6. The second-order valence-corrected chi connectivity index (χ2v) is 11.3. The molecule has 168 valence electrons. The zero-order chi connectivity index (χ0) is 23.4. The molecule has 0 saturated heterocycles. The highest BCUT2D eigenvalue weighted by Crippen LogP contribution is 2.79. The van der Waals surface area contributed by atoms with Crippen LogP contribution < -0.4 is 4.74 Å². The van der Waals surface area contributed by atoms with Crippen molar-refractivity contribution < 1.29 is 24.9 Å². The normalized spacial score (nSPS) is 32.4. The standard InChI is InChI=1S/C21H12Cl6O5/c22-16-17(23)20(25)15(18(30)31)14(19(16,24)21(20,26)27)13-9-3-1-7(28)5-11(9)32-12-6-8(29)2-4-10(12)13/h1-6,13-15,28-29H,(H,30,31)/t14-,15-,19+,20+/m1/s1. The first kappa shape index (κ1) is 22.6. The third-order valence-electron chi connectivity index (χ3n) is 6.50. The summed E-state index contributed by atoms with van der Waals surface area (Å²) in [6, 6.07) is 8.77. The van der Waals surface area contributed by atoms with E-state index in [0.717, 1.165) is 0 Å². The van der Waals surface area contributed by atoms with E-state index in [1.165, 1.54) is 24.3 Å². The van der Waals surface area contributed by atoms with E-state index in [-0.39, 0.29) is 33.1 Å². The maximum Gasteiger partial charge on any atom is 0.309 e. The fourth-order valence-electron chi connectivity index (χ4n) is 5.18. The molecule has 2 aromatic carbocycles. The zero-order valence-electron chi connectivity index (χ0n) is 15.6. The van der Waals surface area contributed by atoms with Gasteiger partial charge in [0.25, 0.3) is 0 Å². The number of alkyl halides is 4. The molecule has 0 radical (unpaired) electrons. The highest BCUT2D eigenvalue weighted by Gasteiger charge is 2.85. The van der Waals surface area contributed by atoms with Gasteiger partial charge in [-0.25, -0.2) is 0 Å². The highest BCUT2D eigenvalue weighted by atomic mass is 35.5. The van der Waals surface area contributed by atoms with Gasteiger partial charge in [-0.2, -0.15) is 0 Å². The second kappa shape index (κ2) is 6.91. The van der Waals surface area contributed by atoms with Crippen LogP contribution in [0.5, 0.6) is 23.0 Å². The lowest BCUT2D eigenvalue weighted by molar-refractivity contribution is -0.144. The number of carbonyl (C=O) groups is 1. The lowest BCUT2D eigenvalue weighted by Crippen LogP contribution is -2.45. The van der Waals surface area contributed by atoms with Crippen molar-refractivity contribution in [3.05, 3.63) is 57.6 Å². The van der Waals surface area contributed by atoms with Gasteiger partial charge in [-0.05, 0) is 12.1 Å². The predicted octanol–water partition coefficient (Wildman–Crippen LogP) is 6.50. The van der Waals surface area contributed by atoms with Gasteiger partial charge in [-0.3, -0.25) is 4.79 Å².